The number of piperidine rings is 1. The van der Waals surface area contributed by atoms with Gasteiger partial charge in [-0.05, 0) is 71.0 Å². The molecule has 82 valence electrons. The minimum Gasteiger partial charge on any atom is -0.325 e. The Balaban J connectivity index is 2.02. The van der Waals surface area contributed by atoms with E-state index in [-0.39, 0.29) is 5.54 Å². The molecular weight excluding hydrogens is 172 g/mol. The number of nitrogens with zero attached hydrogens (tertiary/aromatic N) is 1. The van der Waals surface area contributed by atoms with Gasteiger partial charge in [-0.2, -0.15) is 0 Å². The van der Waals surface area contributed by atoms with Gasteiger partial charge in [-0.3, -0.25) is 0 Å². The Bertz CT molecular complexity index is 205. The highest BCUT2D eigenvalue weighted by Crippen LogP contribution is 2.60. The van der Waals surface area contributed by atoms with Crippen LogP contribution in [0.2, 0.25) is 0 Å². The SMILES string of the molecule is CN1CCC(C2(C(C)(C)N)CC2)CC1. The smallest absolute Gasteiger partial charge is 0.0156 e. The highest BCUT2D eigenvalue weighted by Gasteiger charge is 2.57. The van der Waals surface area contributed by atoms with Gasteiger partial charge in [0.15, 0.2) is 0 Å². The fourth-order valence-corrected chi connectivity index (χ4v) is 3.27. The maximum atomic E-state index is 6.33. The Labute approximate surface area is 87.8 Å². The molecule has 2 heteroatoms. The summed E-state index contributed by atoms with van der Waals surface area (Å²) in [5.74, 6) is 0.888. The van der Waals surface area contributed by atoms with E-state index in [0.717, 1.165) is 5.92 Å². The summed E-state index contributed by atoms with van der Waals surface area (Å²) in [6, 6.07) is 0. The van der Waals surface area contributed by atoms with Gasteiger partial charge in [-0.1, -0.05) is 0 Å². The molecular formula is C12H24N2. The van der Waals surface area contributed by atoms with Crippen molar-refractivity contribution in [2.24, 2.45) is 17.1 Å². The van der Waals surface area contributed by atoms with Crippen molar-refractivity contribution in [1.29, 1.82) is 0 Å². The molecule has 0 bridgehead atoms. The van der Waals surface area contributed by atoms with E-state index in [2.05, 4.69) is 25.8 Å². The molecule has 2 aliphatic rings. The van der Waals surface area contributed by atoms with Crippen molar-refractivity contribution in [2.45, 2.75) is 45.1 Å². The van der Waals surface area contributed by atoms with Crippen LogP contribution >= 0.6 is 0 Å². The average Bonchev–Trinajstić information content (AvgIpc) is 2.84. The first kappa shape index (κ1) is 10.4. The first-order chi connectivity index (χ1) is 6.46. The summed E-state index contributed by atoms with van der Waals surface area (Å²) in [7, 11) is 2.23. The third kappa shape index (κ3) is 1.59. The van der Waals surface area contributed by atoms with Gasteiger partial charge in [0.2, 0.25) is 0 Å². The molecule has 0 radical (unpaired) electrons. The van der Waals surface area contributed by atoms with Crippen LogP contribution in [0.25, 0.3) is 0 Å². The molecule has 0 amide bonds. The van der Waals surface area contributed by atoms with Crippen LogP contribution in [0, 0.1) is 11.3 Å². The second-order valence-electron chi connectivity index (χ2n) is 5.96. The number of hydrogen-bond donors (Lipinski definition) is 1. The van der Waals surface area contributed by atoms with Crippen molar-refractivity contribution in [3.63, 3.8) is 0 Å². The van der Waals surface area contributed by atoms with Gasteiger partial charge in [0, 0.05) is 5.54 Å². The lowest BCUT2D eigenvalue weighted by atomic mass is 9.71. The molecule has 0 atom stereocenters. The third-order valence-corrected chi connectivity index (χ3v) is 4.57. The van der Waals surface area contributed by atoms with Gasteiger partial charge in [-0.15, -0.1) is 0 Å². The largest absolute Gasteiger partial charge is 0.325 e. The van der Waals surface area contributed by atoms with E-state index in [9.17, 15) is 0 Å². The molecule has 14 heavy (non-hydrogen) atoms. The fourth-order valence-electron chi connectivity index (χ4n) is 3.27. The third-order valence-electron chi connectivity index (χ3n) is 4.57. The van der Waals surface area contributed by atoms with E-state index in [4.69, 9.17) is 5.73 Å². The van der Waals surface area contributed by atoms with Gasteiger partial charge in [0.05, 0.1) is 0 Å². The summed E-state index contributed by atoms with van der Waals surface area (Å²) in [5, 5.41) is 0. The Morgan fingerprint density at radius 2 is 1.71 bits per heavy atom. The molecule has 0 aromatic heterocycles. The Morgan fingerprint density at radius 3 is 2.07 bits per heavy atom. The molecule has 2 N–H and O–H groups in total. The lowest BCUT2D eigenvalue weighted by molar-refractivity contribution is 0.110. The highest BCUT2D eigenvalue weighted by molar-refractivity contribution is 5.10. The molecule has 1 saturated heterocycles. The number of rotatable bonds is 2. The summed E-state index contributed by atoms with van der Waals surface area (Å²) in [6.45, 7) is 6.97. The summed E-state index contributed by atoms with van der Waals surface area (Å²) in [6.07, 6.45) is 5.45. The maximum Gasteiger partial charge on any atom is 0.0156 e. The van der Waals surface area contributed by atoms with E-state index in [1.807, 2.05) is 0 Å². The zero-order valence-corrected chi connectivity index (χ0v) is 9.84. The second kappa shape index (κ2) is 3.21. The van der Waals surface area contributed by atoms with Crippen LogP contribution in [0.15, 0.2) is 0 Å². The number of nitrogens with two attached hydrogens (primary N) is 1. The average molecular weight is 196 g/mol. The zero-order valence-electron chi connectivity index (χ0n) is 9.84. The lowest BCUT2D eigenvalue weighted by Crippen LogP contribution is -2.49. The normalized spacial score (nSPS) is 29.1. The summed E-state index contributed by atoms with van der Waals surface area (Å²) in [5.41, 5.74) is 6.86. The topological polar surface area (TPSA) is 29.3 Å². The Hall–Kier alpha value is -0.0800. The van der Waals surface area contributed by atoms with Gasteiger partial charge < -0.3 is 10.6 Å². The predicted octanol–water partition coefficient (Wildman–Crippen LogP) is 1.85. The van der Waals surface area contributed by atoms with Gasteiger partial charge >= 0.3 is 0 Å². The Morgan fingerprint density at radius 1 is 1.21 bits per heavy atom. The van der Waals surface area contributed by atoms with Gasteiger partial charge in [-0.25, -0.2) is 0 Å². The van der Waals surface area contributed by atoms with Crippen molar-refractivity contribution < 1.29 is 0 Å². The predicted molar refractivity (Wildman–Crippen MR) is 60.2 cm³/mol. The van der Waals surface area contributed by atoms with E-state index in [1.165, 1.54) is 38.8 Å². The number of likely N-dealkylation sites (tertiary alicyclic amines) is 1. The maximum absolute atomic E-state index is 6.33. The molecule has 1 aliphatic heterocycles. The van der Waals surface area contributed by atoms with Crippen LogP contribution in [-0.4, -0.2) is 30.6 Å². The van der Waals surface area contributed by atoms with E-state index >= 15 is 0 Å². The van der Waals surface area contributed by atoms with Crippen molar-refractivity contribution in [1.82, 2.24) is 4.90 Å². The molecule has 0 aromatic rings. The molecule has 2 rings (SSSR count). The van der Waals surface area contributed by atoms with E-state index < -0.39 is 0 Å². The van der Waals surface area contributed by atoms with Gasteiger partial charge in [0.1, 0.15) is 0 Å². The Kier molecular flexibility index (Phi) is 2.39. The number of hydrogen-bond acceptors (Lipinski definition) is 2. The summed E-state index contributed by atoms with van der Waals surface area (Å²) >= 11 is 0. The van der Waals surface area contributed by atoms with E-state index in [1.54, 1.807) is 0 Å². The standard InChI is InChI=1S/C12H24N2/c1-11(2,13)12(6-7-12)10-4-8-14(3)9-5-10/h10H,4-9,13H2,1-3H3. The van der Waals surface area contributed by atoms with Crippen molar-refractivity contribution >= 4 is 0 Å². The van der Waals surface area contributed by atoms with Crippen LogP contribution in [-0.2, 0) is 0 Å². The highest BCUT2D eigenvalue weighted by atomic mass is 15.1. The van der Waals surface area contributed by atoms with Crippen molar-refractivity contribution in [3.05, 3.63) is 0 Å². The molecule has 0 spiro atoms. The van der Waals surface area contributed by atoms with Crippen LogP contribution in [0.3, 0.4) is 0 Å². The first-order valence-corrected chi connectivity index (χ1v) is 5.93. The first-order valence-electron chi connectivity index (χ1n) is 5.93. The minimum atomic E-state index is 0.0353. The molecule has 1 saturated carbocycles. The lowest BCUT2D eigenvalue weighted by Gasteiger charge is -2.41. The van der Waals surface area contributed by atoms with Crippen LogP contribution < -0.4 is 5.73 Å². The molecule has 2 nitrogen and oxygen atoms in total. The summed E-state index contributed by atoms with van der Waals surface area (Å²) in [4.78, 5) is 2.44. The quantitative estimate of drug-likeness (QED) is 0.730. The molecule has 0 unspecified atom stereocenters. The van der Waals surface area contributed by atoms with E-state index in [0.29, 0.717) is 5.41 Å². The zero-order chi connectivity index (χ0) is 10.4. The van der Waals surface area contributed by atoms with Crippen LogP contribution in [0.4, 0.5) is 0 Å². The molecule has 1 aliphatic carbocycles. The molecule has 0 aromatic carbocycles. The van der Waals surface area contributed by atoms with Gasteiger partial charge in [0.25, 0.3) is 0 Å². The summed E-state index contributed by atoms with van der Waals surface area (Å²) < 4.78 is 0. The fraction of sp³-hybridized carbons (Fsp3) is 1.00. The second-order valence-corrected chi connectivity index (χ2v) is 5.96. The van der Waals surface area contributed by atoms with Crippen molar-refractivity contribution in [2.75, 3.05) is 20.1 Å². The van der Waals surface area contributed by atoms with Crippen LogP contribution in [0.1, 0.15) is 39.5 Å². The molecule has 2 fully saturated rings. The monoisotopic (exact) mass is 196 g/mol. The molecule has 1 heterocycles. The minimum absolute atomic E-state index is 0.0353. The van der Waals surface area contributed by atoms with Crippen molar-refractivity contribution in [3.8, 4) is 0 Å². The van der Waals surface area contributed by atoms with Crippen LogP contribution in [0.5, 0.6) is 0 Å².